The Kier molecular flexibility index (Phi) is 5.34. The lowest BCUT2D eigenvalue weighted by Gasteiger charge is -2.33. The molecule has 29 heavy (non-hydrogen) atoms. The fourth-order valence-corrected chi connectivity index (χ4v) is 4.79. The highest BCUT2D eigenvalue weighted by atomic mass is 32.2. The van der Waals surface area contributed by atoms with E-state index in [-0.39, 0.29) is 28.5 Å². The average molecular weight is 421 g/mol. The van der Waals surface area contributed by atoms with Gasteiger partial charge in [0, 0.05) is 5.56 Å². The van der Waals surface area contributed by atoms with Crippen LogP contribution in [0.1, 0.15) is 55.3 Å². The van der Waals surface area contributed by atoms with Crippen LogP contribution in [0, 0.1) is 5.92 Å². The molecule has 2 saturated carbocycles. The highest BCUT2D eigenvalue weighted by Crippen LogP contribution is 2.39. The molecule has 10 heteroatoms. The number of hydrogen-bond acceptors (Lipinski definition) is 7. The maximum Gasteiger partial charge on any atom is 0.251 e. The largest absolute Gasteiger partial charge is 0.347 e. The molecule has 5 N–H and O–H groups in total. The minimum Gasteiger partial charge on any atom is -0.347 e. The first-order chi connectivity index (χ1) is 13.8. The summed E-state index contributed by atoms with van der Waals surface area (Å²) in [6.07, 6.45) is 7.44. The lowest BCUT2D eigenvalue weighted by molar-refractivity contribution is 0.0896. The van der Waals surface area contributed by atoms with Crippen molar-refractivity contribution in [1.29, 1.82) is 0 Å². The number of carbonyl (C=O) groups is 1. The molecule has 2 aliphatic carbocycles. The Hall–Kier alpha value is -2.04. The monoisotopic (exact) mass is 420 g/mol. The Bertz CT molecular complexity index is 891. The lowest BCUT2D eigenvalue weighted by Crippen LogP contribution is -2.51. The van der Waals surface area contributed by atoms with Gasteiger partial charge in [0.2, 0.25) is 10.0 Å². The fourth-order valence-electron chi connectivity index (χ4n) is 4.27. The van der Waals surface area contributed by atoms with E-state index < -0.39 is 10.0 Å². The van der Waals surface area contributed by atoms with Crippen LogP contribution in [-0.4, -0.2) is 43.6 Å². The molecule has 1 aliphatic heterocycles. The third kappa shape index (κ3) is 4.44. The van der Waals surface area contributed by atoms with E-state index in [1.54, 1.807) is 0 Å². The minimum absolute atomic E-state index is 0.0178. The number of sulfonamides is 1. The second kappa shape index (κ2) is 7.66. The predicted molar refractivity (Wildman–Crippen MR) is 107 cm³/mol. The van der Waals surface area contributed by atoms with Crippen LogP contribution in [0.2, 0.25) is 0 Å². The van der Waals surface area contributed by atoms with Gasteiger partial charge in [-0.15, -0.1) is 0 Å². The van der Waals surface area contributed by atoms with E-state index in [1.807, 2.05) is 5.01 Å². The summed E-state index contributed by atoms with van der Waals surface area (Å²) >= 11 is 0. The summed E-state index contributed by atoms with van der Waals surface area (Å²) in [6.45, 7) is 0.613. The number of hydrogen-bond donors (Lipinski definition) is 3. The van der Waals surface area contributed by atoms with Crippen molar-refractivity contribution in [2.24, 2.45) is 27.1 Å². The minimum atomic E-state index is -3.79. The SMILES string of the molecule is NC1(N2CC([C@@H](NC(=O)c3ccc(S(N)(=O)=O)cc3)C3CCCCC3)N=N2)CC1. The van der Waals surface area contributed by atoms with Crippen molar-refractivity contribution in [3.8, 4) is 0 Å². The second-order valence-corrected chi connectivity index (χ2v) is 9.99. The molecule has 0 bridgehead atoms. The summed E-state index contributed by atoms with van der Waals surface area (Å²) in [5, 5.41) is 18.9. The van der Waals surface area contributed by atoms with Crippen LogP contribution >= 0.6 is 0 Å². The number of primary sulfonamides is 1. The van der Waals surface area contributed by atoms with E-state index in [0.717, 1.165) is 38.5 Å². The molecule has 0 radical (unpaired) electrons. The number of rotatable bonds is 6. The number of nitrogens with zero attached hydrogens (tertiary/aromatic N) is 3. The molecule has 1 unspecified atom stereocenters. The predicted octanol–water partition coefficient (Wildman–Crippen LogP) is 1.51. The molecule has 1 heterocycles. The fraction of sp³-hybridized carbons (Fsp3) is 0.632. The Morgan fingerprint density at radius 1 is 1.17 bits per heavy atom. The summed E-state index contributed by atoms with van der Waals surface area (Å²) in [7, 11) is -3.79. The highest BCUT2D eigenvalue weighted by molar-refractivity contribution is 7.89. The van der Waals surface area contributed by atoms with Gasteiger partial charge in [0.05, 0.1) is 17.5 Å². The van der Waals surface area contributed by atoms with Gasteiger partial charge in [-0.05, 0) is 55.9 Å². The summed E-state index contributed by atoms with van der Waals surface area (Å²) in [6, 6.07) is 5.40. The van der Waals surface area contributed by atoms with Gasteiger partial charge in [-0.1, -0.05) is 24.5 Å². The molecule has 1 aromatic rings. The molecule has 158 valence electrons. The smallest absolute Gasteiger partial charge is 0.251 e. The van der Waals surface area contributed by atoms with E-state index in [0.29, 0.717) is 18.0 Å². The molecule has 2 atom stereocenters. The Morgan fingerprint density at radius 3 is 2.41 bits per heavy atom. The standard InChI is InChI=1S/C19H28N6O3S/c20-19(10-11-19)25-12-16(23-24-25)17(13-4-2-1-3-5-13)22-18(26)14-6-8-15(9-7-14)29(21,27)28/h6-9,13,16-17H,1-5,10-12,20H2,(H,22,26)(H2,21,27,28)/t16?,17-/m0/s1. The molecule has 2 fully saturated rings. The molecule has 3 aliphatic rings. The number of nitrogens with two attached hydrogens (primary N) is 2. The van der Waals surface area contributed by atoms with Gasteiger partial charge in [-0.3, -0.25) is 9.80 Å². The maximum atomic E-state index is 12.9. The quantitative estimate of drug-likeness (QED) is 0.639. The molecule has 9 nitrogen and oxygen atoms in total. The summed E-state index contributed by atoms with van der Waals surface area (Å²) in [5.74, 6) is 0.0947. The van der Waals surface area contributed by atoms with E-state index >= 15 is 0 Å². The second-order valence-electron chi connectivity index (χ2n) is 8.42. The van der Waals surface area contributed by atoms with Gasteiger partial charge >= 0.3 is 0 Å². The maximum absolute atomic E-state index is 12.9. The molecule has 0 spiro atoms. The molecule has 1 aromatic carbocycles. The normalized spacial score (nSPS) is 25.0. The van der Waals surface area contributed by atoms with Gasteiger partial charge in [0.25, 0.3) is 5.91 Å². The summed E-state index contributed by atoms with van der Waals surface area (Å²) in [4.78, 5) is 12.9. The van der Waals surface area contributed by atoms with Crippen LogP contribution < -0.4 is 16.2 Å². The van der Waals surface area contributed by atoms with Crippen molar-refractivity contribution < 1.29 is 13.2 Å². The van der Waals surface area contributed by atoms with Crippen molar-refractivity contribution in [2.45, 2.75) is 67.6 Å². The third-order valence-corrected chi connectivity index (χ3v) is 7.19. The van der Waals surface area contributed by atoms with Gasteiger partial charge in [-0.25, -0.2) is 13.6 Å². The van der Waals surface area contributed by atoms with Gasteiger partial charge in [0.15, 0.2) is 0 Å². The number of amides is 1. The lowest BCUT2D eigenvalue weighted by atomic mass is 9.81. The zero-order valence-corrected chi connectivity index (χ0v) is 17.1. The van der Waals surface area contributed by atoms with Crippen molar-refractivity contribution in [1.82, 2.24) is 10.3 Å². The molecule has 1 amide bonds. The number of benzene rings is 1. The zero-order valence-electron chi connectivity index (χ0n) is 16.3. The Balaban J connectivity index is 1.49. The Labute approximate surface area is 170 Å². The first kappa shape index (κ1) is 20.2. The van der Waals surface area contributed by atoms with E-state index in [1.165, 1.54) is 30.7 Å². The van der Waals surface area contributed by atoms with E-state index in [9.17, 15) is 13.2 Å². The molecule has 0 aromatic heterocycles. The first-order valence-electron chi connectivity index (χ1n) is 10.2. The average Bonchev–Trinajstić information content (AvgIpc) is 3.26. The van der Waals surface area contributed by atoms with Crippen LogP contribution in [0.25, 0.3) is 0 Å². The van der Waals surface area contributed by atoms with Crippen LogP contribution in [0.4, 0.5) is 0 Å². The van der Waals surface area contributed by atoms with Crippen molar-refractivity contribution >= 4 is 15.9 Å². The van der Waals surface area contributed by atoms with Crippen LogP contribution in [0.3, 0.4) is 0 Å². The van der Waals surface area contributed by atoms with E-state index in [4.69, 9.17) is 10.9 Å². The molecule has 0 saturated heterocycles. The molecule has 4 rings (SSSR count). The van der Waals surface area contributed by atoms with Crippen LogP contribution in [-0.2, 0) is 10.0 Å². The van der Waals surface area contributed by atoms with Crippen LogP contribution in [0.5, 0.6) is 0 Å². The highest BCUT2D eigenvalue weighted by Gasteiger charge is 2.48. The van der Waals surface area contributed by atoms with E-state index in [2.05, 4.69) is 15.7 Å². The third-order valence-electron chi connectivity index (χ3n) is 6.26. The van der Waals surface area contributed by atoms with Crippen molar-refractivity contribution in [3.05, 3.63) is 29.8 Å². The Morgan fingerprint density at radius 2 is 1.83 bits per heavy atom. The van der Waals surface area contributed by atoms with Gasteiger partial charge in [0.1, 0.15) is 11.7 Å². The topological polar surface area (TPSA) is 143 Å². The number of nitrogens with one attached hydrogen (secondary N) is 1. The van der Waals surface area contributed by atoms with Crippen molar-refractivity contribution in [2.75, 3.05) is 6.54 Å². The molecular weight excluding hydrogens is 392 g/mol. The molecular formula is C19H28N6O3S. The summed E-state index contributed by atoms with van der Waals surface area (Å²) < 4.78 is 22.9. The van der Waals surface area contributed by atoms with Crippen molar-refractivity contribution in [3.63, 3.8) is 0 Å². The van der Waals surface area contributed by atoms with Gasteiger partial charge < -0.3 is 11.1 Å². The first-order valence-corrected chi connectivity index (χ1v) is 11.7. The number of carbonyl (C=O) groups excluding carboxylic acids is 1. The summed E-state index contributed by atoms with van der Waals surface area (Å²) in [5.41, 5.74) is 6.28. The van der Waals surface area contributed by atoms with Crippen LogP contribution in [0.15, 0.2) is 39.5 Å². The van der Waals surface area contributed by atoms with Gasteiger partial charge in [-0.2, -0.15) is 5.11 Å². The zero-order chi connectivity index (χ0) is 20.6.